The highest BCUT2D eigenvalue weighted by molar-refractivity contribution is 9.10. The minimum Gasteiger partial charge on any atom is -0.386 e. The van der Waals surface area contributed by atoms with Gasteiger partial charge in [-0.15, -0.1) is 0 Å². The lowest BCUT2D eigenvalue weighted by atomic mass is 10.1. The highest BCUT2D eigenvalue weighted by Gasteiger charge is 2.33. The number of aliphatic hydroxyl groups is 1. The van der Waals surface area contributed by atoms with Gasteiger partial charge in [0.1, 0.15) is 12.8 Å². The van der Waals surface area contributed by atoms with E-state index in [-0.39, 0.29) is 10.0 Å². The number of rotatable bonds is 2. The largest absolute Gasteiger partial charge is 0.417 e. The molecule has 0 spiro atoms. The average Bonchev–Trinajstić information content (AvgIpc) is 2.15. The normalized spacial score (nSPS) is 14.0. The monoisotopic (exact) mass is 286 g/mol. The molecular formula is C9H7BrF4O. The Kier molecular flexibility index (Phi) is 3.72. The highest BCUT2D eigenvalue weighted by Crippen LogP contribution is 2.36. The van der Waals surface area contributed by atoms with E-state index in [0.717, 1.165) is 12.1 Å². The molecule has 1 unspecified atom stereocenters. The number of hydrogen-bond acceptors (Lipinski definition) is 1. The lowest BCUT2D eigenvalue weighted by Gasteiger charge is -2.12. The Labute approximate surface area is 91.9 Å². The van der Waals surface area contributed by atoms with E-state index in [1.807, 2.05) is 0 Å². The van der Waals surface area contributed by atoms with Crippen molar-refractivity contribution < 1.29 is 22.7 Å². The Hall–Kier alpha value is -0.620. The zero-order valence-electron chi connectivity index (χ0n) is 7.35. The summed E-state index contributed by atoms with van der Waals surface area (Å²) in [4.78, 5) is 0. The lowest BCUT2D eigenvalue weighted by molar-refractivity contribution is -0.138. The van der Waals surface area contributed by atoms with Crippen molar-refractivity contribution in [2.45, 2.75) is 12.3 Å². The number of hydrogen-bond donors (Lipinski definition) is 1. The molecule has 6 heteroatoms. The first kappa shape index (κ1) is 12.4. The van der Waals surface area contributed by atoms with Gasteiger partial charge in [-0.05, 0) is 17.7 Å². The van der Waals surface area contributed by atoms with Crippen LogP contribution in [-0.4, -0.2) is 11.8 Å². The standard InChI is InChI=1S/C9H7BrF4O/c10-7-2-1-5(8(15)4-11)3-6(7)9(12,13)14/h1-3,8,15H,4H2. The van der Waals surface area contributed by atoms with Gasteiger partial charge in [0, 0.05) is 4.47 Å². The first-order valence-corrected chi connectivity index (χ1v) is 4.76. The third kappa shape index (κ3) is 2.92. The molecule has 1 nitrogen and oxygen atoms in total. The summed E-state index contributed by atoms with van der Waals surface area (Å²) in [6.45, 7) is -1.11. The predicted molar refractivity (Wildman–Crippen MR) is 50.1 cm³/mol. The maximum absolute atomic E-state index is 12.4. The Morgan fingerprint density at radius 3 is 2.40 bits per heavy atom. The minimum absolute atomic E-state index is 0.0898. The van der Waals surface area contributed by atoms with E-state index >= 15 is 0 Å². The molecule has 0 aromatic heterocycles. The fraction of sp³-hybridized carbons (Fsp3) is 0.333. The highest BCUT2D eigenvalue weighted by atomic mass is 79.9. The summed E-state index contributed by atoms with van der Waals surface area (Å²) >= 11 is 2.74. The van der Waals surface area contributed by atoms with Crippen LogP contribution in [0.25, 0.3) is 0 Å². The Balaban J connectivity index is 3.17. The molecule has 1 rings (SSSR count). The van der Waals surface area contributed by atoms with Crippen LogP contribution >= 0.6 is 15.9 Å². The number of aliphatic hydroxyl groups excluding tert-OH is 1. The molecule has 1 atom stereocenters. The van der Waals surface area contributed by atoms with Gasteiger partial charge in [0.15, 0.2) is 0 Å². The molecule has 0 heterocycles. The SMILES string of the molecule is OC(CF)c1ccc(Br)c(C(F)(F)F)c1. The van der Waals surface area contributed by atoms with Crippen molar-refractivity contribution >= 4 is 15.9 Å². The smallest absolute Gasteiger partial charge is 0.386 e. The molecule has 0 fully saturated rings. The first-order chi connectivity index (χ1) is 6.86. The number of benzene rings is 1. The molecule has 84 valence electrons. The second-order valence-corrected chi connectivity index (χ2v) is 3.76. The van der Waals surface area contributed by atoms with Gasteiger partial charge >= 0.3 is 6.18 Å². The summed E-state index contributed by atoms with van der Waals surface area (Å²) in [5, 5.41) is 9.05. The van der Waals surface area contributed by atoms with Gasteiger partial charge in [-0.3, -0.25) is 0 Å². The molecule has 0 amide bonds. The van der Waals surface area contributed by atoms with E-state index in [1.165, 1.54) is 6.07 Å². The molecule has 15 heavy (non-hydrogen) atoms. The Bertz CT molecular complexity index is 350. The second-order valence-electron chi connectivity index (χ2n) is 2.91. The van der Waals surface area contributed by atoms with Gasteiger partial charge in [0.05, 0.1) is 5.56 Å². The van der Waals surface area contributed by atoms with Crippen molar-refractivity contribution in [2.75, 3.05) is 6.67 Å². The summed E-state index contributed by atoms with van der Waals surface area (Å²) in [5.41, 5.74) is -1.01. The molecule has 1 N–H and O–H groups in total. The van der Waals surface area contributed by atoms with E-state index in [9.17, 15) is 17.6 Å². The Morgan fingerprint density at radius 1 is 1.33 bits per heavy atom. The van der Waals surface area contributed by atoms with Crippen molar-refractivity contribution in [1.82, 2.24) is 0 Å². The molecular weight excluding hydrogens is 280 g/mol. The van der Waals surface area contributed by atoms with Crippen LogP contribution in [0.4, 0.5) is 17.6 Å². The van der Waals surface area contributed by atoms with Gasteiger partial charge in [-0.2, -0.15) is 13.2 Å². The zero-order chi connectivity index (χ0) is 11.6. The van der Waals surface area contributed by atoms with Gasteiger partial charge in [0.25, 0.3) is 0 Å². The molecule has 1 aromatic carbocycles. The third-order valence-electron chi connectivity index (χ3n) is 1.83. The van der Waals surface area contributed by atoms with Gasteiger partial charge < -0.3 is 5.11 Å². The fourth-order valence-electron chi connectivity index (χ4n) is 1.06. The molecule has 0 aliphatic carbocycles. The van der Waals surface area contributed by atoms with Crippen LogP contribution in [0.3, 0.4) is 0 Å². The third-order valence-corrected chi connectivity index (χ3v) is 2.52. The molecule has 0 radical (unpaired) electrons. The van der Waals surface area contributed by atoms with E-state index in [0.29, 0.717) is 0 Å². The molecule has 1 aromatic rings. The molecule has 0 saturated carbocycles. The van der Waals surface area contributed by atoms with Gasteiger partial charge in [-0.25, -0.2) is 4.39 Å². The summed E-state index contributed by atoms with van der Waals surface area (Å²) in [6, 6.07) is 3.11. The summed E-state index contributed by atoms with van der Waals surface area (Å²) < 4.78 is 49.1. The van der Waals surface area contributed by atoms with Crippen LogP contribution in [0.15, 0.2) is 22.7 Å². The van der Waals surface area contributed by atoms with Crippen LogP contribution in [0.5, 0.6) is 0 Å². The van der Waals surface area contributed by atoms with Gasteiger partial charge in [-0.1, -0.05) is 22.0 Å². The lowest BCUT2D eigenvalue weighted by Crippen LogP contribution is -2.08. The van der Waals surface area contributed by atoms with Crippen molar-refractivity contribution in [3.63, 3.8) is 0 Å². The molecule has 0 saturated heterocycles. The molecule has 0 bridgehead atoms. The molecule has 0 aliphatic heterocycles. The maximum Gasteiger partial charge on any atom is 0.417 e. The van der Waals surface area contributed by atoms with E-state index in [2.05, 4.69) is 15.9 Å². The summed E-state index contributed by atoms with van der Waals surface area (Å²) in [7, 11) is 0. The number of halogens is 5. The summed E-state index contributed by atoms with van der Waals surface area (Å²) in [6.07, 6.45) is -6.04. The van der Waals surface area contributed by atoms with Crippen LogP contribution < -0.4 is 0 Å². The van der Waals surface area contributed by atoms with Gasteiger partial charge in [0.2, 0.25) is 0 Å². The van der Waals surface area contributed by atoms with E-state index in [4.69, 9.17) is 5.11 Å². The quantitative estimate of drug-likeness (QED) is 0.826. The first-order valence-electron chi connectivity index (χ1n) is 3.97. The topological polar surface area (TPSA) is 20.2 Å². The number of alkyl halides is 4. The predicted octanol–water partition coefficient (Wildman–Crippen LogP) is 3.47. The van der Waals surface area contributed by atoms with Crippen molar-refractivity contribution in [3.8, 4) is 0 Å². The average molecular weight is 287 g/mol. The van der Waals surface area contributed by atoms with Crippen LogP contribution in [0, 0.1) is 0 Å². The van der Waals surface area contributed by atoms with E-state index in [1.54, 1.807) is 0 Å². The second kappa shape index (κ2) is 4.49. The van der Waals surface area contributed by atoms with Crippen LogP contribution in [0.1, 0.15) is 17.2 Å². The van der Waals surface area contributed by atoms with E-state index < -0.39 is 24.5 Å². The van der Waals surface area contributed by atoms with Crippen molar-refractivity contribution in [1.29, 1.82) is 0 Å². The van der Waals surface area contributed by atoms with Crippen LogP contribution in [0.2, 0.25) is 0 Å². The van der Waals surface area contributed by atoms with Crippen molar-refractivity contribution in [2.24, 2.45) is 0 Å². The van der Waals surface area contributed by atoms with Crippen molar-refractivity contribution in [3.05, 3.63) is 33.8 Å². The fourth-order valence-corrected chi connectivity index (χ4v) is 1.53. The Morgan fingerprint density at radius 2 is 1.93 bits per heavy atom. The summed E-state index contributed by atoms with van der Waals surface area (Å²) in [5.74, 6) is 0. The maximum atomic E-state index is 12.4. The zero-order valence-corrected chi connectivity index (χ0v) is 8.94. The molecule has 0 aliphatic rings. The minimum atomic E-state index is -4.52. The van der Waals surface area contributed by atoms with Crippen LogP contribution in [-0.2, 0) is 6.18 Å².